The van der Waals surface area contributed by atoms with E-state index in [-0.39, 0.29) is 0 Å². The van der Waals surface area contributed by atoms with E-state index in [4.69, 9.17) is 4.74 Å². The number of rotatable bonds is 6. The van der Waals surface area contributed by atoms with E-state index >= 15 is 0 Å². The molecule has 1 fully saturated rings. The third-order valence-electron chi connectivity index (χ3n) is 4.59. The van der Waals surface area contributed by atoms with Crippen LogP contribution in [0.1, 0.15) is 41.6 Å². The molecule has 2 N–H and O–H groups in total. The average molecular weight is 339 g/mol. The van der Waals surface area contributed by atoms with Crippen molar-refractivity contribution in [3.05, 3.63) is 65.7 Å². The lowest BCUT2D eigenvalue weighted by Crippen LogP contribution is -2.52. The molecule has 0 spiro atoms. The highest BCUT2D eigenvalue weighted by molar-refractivity contribution is 6.00. The van der Waals surface area contributed by atoms with Crippen molar-refractivity contribution in [2.45, 2.75) is 37.8 Å². The lowest BCUT2D eigenvalue weighted by Gasteiger charge is -2.25. The second-order valence-electron chi connectivity index (χ2n) is 6.32. The standard InChI is InChI=1S/C20H21NO4/c22-18(21-20(19(23)24)12-6-7-13-20)16-10-4-5-11-17(16)25-14-15-8-2-1-3-9-15/h1-5,8-11H,6-7,12-14H2,(H,21,22)(H,23,24). The van der Waals surface area contributed by atoms with Gasteiger partial charge >= 0.3 is 5.97 Å². The smallest absolute Gasteiger partial charge is 0.329 e. The van der Waals surface area contributed by atoms with Crippen LogP contribution < -0.4 is 10.1 Å². The normalized spacial score (nSPS) is 15.5. The van der Waals surface area contributed by atoms with Crippen LogP contribution in [0.5, 0.6) is 5.75 Å². The first-order valence-electron chi connectivity index (χ1n) is 8.42. The minimum atomic E-state index is -1.16. The van der Waals surface area contributed by atoms with Crippen molar-refractivity contribution < 1.29 is 19.4 Å². The van der Waals surface area contributed by atoms with Crippen LogP contribution in [0, 0.1) is 0 Å². The van der Waals surface area contributed by atoms with Gasteiger partial charge in [-0.1, -0.05) is 55.3 Å². The zero-order valence-corrected chi connectivity index (χ0v) is 13.9. The summed E-state index contributed by atoms with van der Waals surface area (Å²) < 4.78 is 5.79. The molecule has 0 atom stereocenters. The number of hydrogen-bond donors (Lipinski definition) is 2. The van der Waals surface area contributed by atoms with Gasteiger partial charge in [-0.2, -0.15) is 0 Å². The molecule has 1 amide bonds. The quantitative estimate of drug-likeness (QED) is 0.846. The molecule has 2 aromatic rings. The first-order chi connectivity index (χ1) is 12.1. The molecule has 2 aromatic carbocycles. The summed E-state index contributed by atoms with van der Waals surface area (Å²) >= 11 is 0. The maximum atomic E-state index is 12.7. The molecule has 1 aliphatic rings. The molecule has 130 valence electrons. The maximum Gasteiger partial charge on any atom is 0.329 e. The van der Waals surface area contributed by atoms with E-state index in [0.717, 1.165) is 18.4 Å². The third-order valence-corrected chi connectivity index (χ3v) is 4.59. The summed E-state index contributed by atoms with van der Waals surface area (Å²) in [5.74, 6) is -0.934. The Morgan fingerprint density at radius 3 is 2.32 bits per heavy atom. The highest BCUT2D eigenvalue weighted by atomic mass is 16.5. The number of aliphatic carboxylic acids is 1. The lowest BCUT2D eigenvalue weighted by molar-refractivity contribution is -0.144. The molecule has 3 rings (SSSR count). The van der Waals surface area contributed by atoms with E-state index in [1.807, 2.05) is 30.3 Å². The molecule has 0 aromatic heterocycles. The molecule has 0 radical (unpaired) electrons. The molecule has 1 saturated carbocycles. The SMILES string of the molecule is O=C(NC1(C(=O)O)CCCC1)c1ccccc1OCc1ccccc1. The van der Waals surface area contributed by atoms with Gasteiger partial charge in [0.25, 0.3) is 5.91 Å². The predicted molar refractivity (Wildman–Crippen MR) is 93.5 cm³/mol. The topological polar surface area (TPSA) is 75.6 Å². The fourth-order valence-electron chi connectivity index (χ4n) is 3.17. The molecular formula is C20H21NO4. The highest BCUT2D eigenvalue weighted by Gasteiger charge is 2.43. The minimum absolute atomic E-state index is 0.342. The average Bonchev–Trinajstić information content (AvgIpc) is 3.11. The number of hydrogen-bond acceptors (Lipinski definition) is 3. The second-order valence-corrected chi connectivity index (χ2v) is 6.32. The summed E-state index contributed by atoms with van der Waals surface area (Å²) in [5, 5.41) is 12.3. The lowest BCUT2D eigenvalue weighted by atomic mass is 9.97. The number of benzene rings is 2. The predicted octanol–water partition coefficient (Wildman–Crippen LogP) is 3.39. The summed E-state index contributed by atoms with van der Waals surface area (Å²) in [6.07, 6.45) is 2.53. The summed E-state index contributed by atoms with van der Waals surface area (Å²) in [4.78, 5) is 24.3. The Morgan fingerprint density at radius 1 is 1.00 bits per heavy atom. The van der Waals surface area contributed by atoms with Gasteiger partial charge in [0.15, 0.2) is 0 Å². The van der Waals surface area contributed by atoms with Crippen LogP contribution in [0.4, 0.5) is 0 Å². The number of carbonyl (C=O) groups excluding carboxylic acids is 1. The van der Waals surface area contributed by atoms with Gasteiger partial charge in [-0.3, -0.25) is 4.79 Å². The fourth-order valence-corrected chi connectivity index (χ4v) is 3.17. The molecule has 1 aliphatic carbocycles. The van der Waals surface area contributed by atoms with E-state index in [9.17, 15) is 14.7 Å². The van der Waals surface area contributed by atoms with Crippen molar-refractivity contribution in [1.29, 1.82) is 0 Å². The van der Waals surface area contributed by atoms with Gasteiger partial charge in [-0.15, -0.1) is 0 Å². The van der Waals surface area contributed by atoms with E-state index in [1.165, 1.54) is 0 Å². The van der Waals surface area contributed by atoms with Crippen LogP contribution in [0.2, 0.25) is 0 Å². The Labute approximate surface area is 146 Å². The van der Waals surface area contributed by atoms with Crippen LogP contribution in [0.25, 0.3) is 0 Å². The Bertz CT molecular complexity index is 751. The first-order valence-corrected chi connectivity index (χ1v) is 8.42. The van der Waals surface area contributed by atoms with Crippen molar-refractivity contribution >= 4 is 11.9 Å². The second kappa shape index (κ2) is 7.38. The summed E-state index contributed by atoms with van der Waals surface area (Å²) in [7, 11) is 0. The number of nitrogens with one attached hydrogen (secondary N) is 1. The first kappa shape index (κ1) is 17.0. The van der Waals surface area contributed by atoms with Gasteiger partial charge in [0.2, 0.25) is 0 Å². The van der Waals surface area contributed by atoms with Crippen LogP contribution >= 0.6 is 0 Å². The van der Waals surface area contributed by atoms with Crippen LogP contribution in [-0.4, -0.2) is 22.5 Å². The van der Waals surface area contributed by atoms with E-state index < -0.39 is 17.4 Å². The van der Waals surface area contributed by atoms with Gasteiger partial charge in [0.05, 0.1) is 5.56 Å². The Balaban J connectivity index is 1.75. The number of ether oxygens (including phenoxy) is 1. The maximum absolute atomic E-state index is 12.7. The Hall–Kier alpha value is -2.82. The summed E-state index contributed by atoms with van der Waals surface area (Å²) in [6.45, 7) is 0.342. The monoisotopic (exact) mass is 339 g/mol. The van der Waals surface area contributed by atoms with E-state index in [2.05, 4.69) is 5.32 Å². The van der Waals surface area contributed by atoms with Crippen LogP contribution in [0.3, 0.4) is 0 Å². The van der Waals surface area contributed by atoms with Gasteiger partial charge in [-0.25, -0.2) is 4.79 Å². The van der Waals surface area contributed by atoms with Crippen LogP contribution in [-0.2, 0) is 11.4 Å². The molecule has 25 heavy (non-hydrogen) atoms. The fraction of sp³-hybridized carbons (Fsp3) is 0.300. The third kappa shape index (κ3) is 3.82. The number of carboxylic acids is 1. The van der Waals surface area contributed by atoms with Crippen molar-refractivity contribution in [1.82, 2.24) is 5.32 Å². The van der Waals surface area contributed by atoms with Crippen molar-refractivity contribution in [3.63, 3.8) is 0 Å². The molecule has 0 bridgehead atoms. The van der Waals surface area contributed by atoms with Crippen LogP contribution in [0.15, 0.2) is 54.6 Å². The number of amides is 1. The van der Waals surface area contributed by atoms with Gasteiger partial charge in [0, 0.05) is 0 Å². The van der Waals surface area contributed by atoms with Gasteiger partial charge in [-0.05, 0) is 30.5 Å². The number of para-hydroxylation sites is 1. The van der Waals surface area contributed by atoms with Crippen molar-refractivity contribution in [2.75, 3.05) is 0 Å². The minimum Gasteiger partial charge on any atom is -0.488 e. The van der Waals surface area contributed by atoms with E-state index in [0.29, 0.717) is 30.8 Å². The van der Waals surface area contributed by atoms with E-state index in [1.54, 1.807) is 24.3 Å². The molecule has 5 heteroatoms. The zero-order valence-electron chi connectivity index (χ0n) is 13.9. The molecular weight excluding hydrogens is 318 g/mol. The number of carbonyl (C=O) groups is 2. The van der Waals surface area contributed by atoms with Crippen molar-refractivity contribution in [2.24, 2.45) is 0 Å². The Kier molecular flexibility index (Phi) is 5.03. The molecule has 0 aliphatic heterocycles. The molecule has 0 unspecified atom stereocenters. The number of carboxylic acid groups (broad SMARTS) is 1. The van der Waals surface area contributed by atoms with Gasteiger partial charge < -0.3 is 15.2 Å². The summed E-state index contributed by atoms with van der Waals surface area (Å²) in [5.41, 5.74) is 0.186. The van der Waals surface area contributed by atoms with Crippen molar-refractivity contribution in [3.8, 4) is 5.75 Å². The van der Waals surface area contributed by atoms with Gasteiger partial charge in [0.1, 0.15) is 17.9 Å². The summed E-state index contributed by atoms with van der Waals surface area (Å²) in [6, 6.07) is 16.6. The highest BCUT2D eigenvalue weighted by Crippen LogP contribution is 2.31. The molecule has 5 nitrogen and oxygen atoms in total. The molecule has 0 saturated heterocycles. The Morgan fingerprint density at radius 2 is 1.64 bits per heavy atom. The molecule has 0 heterocycles. The largest absolute Gasteiger partial charge is 0.488 e. The zero-order chi connectivity index (χ0) is 17.7.